The van der Waals surface area contributed by atoms with Crippen molar-refractivity contribution in [2.24, 2.45) is 0 Å². The van der Waals surface area contributed by atoms with Crippen LogP contribution >= 0.6 is 0 Å². The summed E-state index contributed by atoms with van der Waals surface area (Å²) in [6.07, 6.45) is 2.71. The van der Waals surface area contributed by atoms with Gasteiger partial charge in [0.1, 0.15) is 0 Å². The Bertz CT molecular complexity index is 1250. The number of fused-ring (bicyclic) bond motifs is 1. The van der Waals surface area contributed by atoms with E-state index in [0.29, 0.717) is 30.8 Å². The lowest BCUT2D eigenvalue weighted by Crippen LogP contribution is -2.36. The van der Waals surface area contributed by atoms with E-state index in [1.165, 1.54) is 5.39 Å². The molecule has 0 saturated heterocycles. The molecule has 0 fully saturated rings. The fraction of sp³-hybridized carbons (Fsp3) is 0.160. The van der Waals surface area contributed by atoms with E-state index in [-0.39, 0.29) is 6.03 Å². The summed E-state index contributed by atoms with van der Waals surface area (Å²) >= 11 is 0. The van der Waals surface area contributed by atoms with Gasteiger partial charge in [0.15, 0.2) is 0 Å². The minimum atomic E-state index is -0.224. The van der Waals surface area contributed by atoms with E-state index in [1.807, 2.05) is 49.5 Å². The highest BCUT2D eigenvalue weighted by Gasteiger charge is 2.16. The Balaban J connectivity index is 1.54. The zero-order chi connectivity index (χ0) is 21.6. The SMILES string of the molecule is Cc1cccc(CN(CCc2c[nH]c3ccccc23)C(=O)Nc2cccc(C#N)c2)n1. The number of H-pyrrole nitrogens is 1. The summed E-state index contributed by atoms with van der Waals surface area (Å²) in [5.41, 5.74) is 5.09. The van der Waals surface area contributed by atoms with E-state index in [9.17, 15) is 4.79 Å². The molecule has 0 bridgehead atoms. The van der Waals surface area contributed by atoms with Crippen LogP contribution in [0.15, 0.2) is 72.9 Å². The third kappa shape index (κ3) is 4.90. The number of amides is 2. The molecule has 6 nitrogen and oxygen atoms in total. The summed E-state index contributed by atoms with van der Waals surface area (Å²) in [5.74, 6) is 0. The zero-order valence-electron chi connectivity index (χ0n) is 17.3. The fourth-order valence-corrected chi connectivity index (χ4v) is 3.60. The van der Waals surface area contributed by atoms with Crippen molar-refractivity contribution in [3.8, 4) is 6.07 Å². The van der Waals surface area contributed by atoms with Gasteiger partial charge in [0.05, 0.1) is 23.9 Å². The number of rotatable bonds is 6. The average Bonchev–Trinajstić information content (AvgIpc) is 3.20. The second-order valence-corrected chi connectivity index (χ2v) is 7.42. The lowest BCUT2D eigenvalue weighted by molar-refractivity contribution is 0.209. The molecule has 6 heteroatoms. The zero-order valence-corrected chi connectivity index (χ0v) is 17.3. The summed E-state index contributed by atoms with van der Waals surface area (Å²) in [6, 6.07) is 22.7. The topological polar surface area (TPSA) is 84.8 Å². The number of carbonyl (C=O) groups excluding carboxylic acids is 1. The number of para-hydroxylation sites is 1. The number of carbonyl (C=O) groups is 1. The molecule has 2 aromatic carbocycles. The molecule has 4 aromatic rings. The smallest absolute Gasteiger partial charge is 0.322 e. The van der Waals surface area contributed by atoms with Gasteiger partial charge in [0.25, 0.3) is 0 Å². The number of nitrogens with zero attached hydrogens (tertiary/aromatic N) is 3. The summed E-state index contributed by atoms with van der Waals surface area (Å²) in [6.45, 7) is 2.86. The molecule has 0 spiro atoms. The first kappa shape index (κ1) is 20.2. The second-order valence-electron chi connectivity index (χ2n) is 7.42. The van der Waals surface area contributed by atoms with Gasteiger partial charge in [-0.15, -0.1) is 0 Å². The van der Waals surface area contributed by atoms with Crippen molar-refractivity contribution in [1.82, 2.24) is 14.9 Å². The summed E-state index contributed by atoms with van der Waals surface area (Å²) in [4.78, 5) is 22.7. The summed E-state index contributed by atoms with van der Waals surface area (Å²) in [7, 11) is 0. The number of hydrogen-bond acceptors (Lipinski definition) is 3. The van der Waals surface area contributed by atoms with Crippen LogP contribution in [-0.4, -0.2) is 27.4 Å². The molecule has 0 unspecified atom stereocenters. The third-order valence-electron chi connectivity index (χ3n) is 5.15. The first-order chi connectivity index (χ1) is 15.1. The number of benzene rings is 2. The normalized spacial score (nSPS) is 10.6. The maximum Gasteiger partial charge on any atom is 0.322 e. The lowest BCUT2D eigenvalue weighted by Gasteiger charge is -2.23. The molecule has 0 saturated carbocycles. The van der Waals surface area contributed by atoms with Crippen molar-refractivity contribution < 1.29 is 4.79 Å². The second kappa shape index (κ2) is 9.14. The van der Waals surface area contributed by atoms with Gasteiger partial charge in [-0.2, -0.15) is 5.26 Å². The highest BCUT2D eigenvalue weighted by molar-refractivity contribution is 5.89. The molecule has 2 heterocycles. The molecule has 0 radical (unpaired) electrons. The Labute approximate surface area is 181 Å². The maximum absolute atomic E-state index is 13.1. The largest absolute Gasteiger partial charge is 0.361 e. The van der Waals surface area contributed by atoms with Gasteiger partial charge in [0.2, 0.25) is 0 Å². The molecule has 31 heavy (non-hydrogen) atoms. The number of nitrogens with one attached hydrogen (secondary N) is 2. The van der Waals surface area contributed by atoms with Crippen molar-refractivity contribution in [1.29, 1.82) is 5.26 Å². The van der Waals surface area contributed by atoms with Gasteiger partial charge in [-0.1, -0.05) is 30.3 Å². The van der Waals surface area contributed by atoms with E-state index < -0.39 is 0 Å². The van der Waals surface area contributed by atoms with Gasteiger partial charge in [-0.3, -0.25) is 4.98 Å². The first-order valence-electron chi connectivity index (χ1n) is 10.2. The Kier molecular flexibility index (Phi) is 5.95. The predicted octanol–water partition coefficient (Wildman–Crippen LogP) is 5.02. The molecule has 0 aliphatic carbocycles. The minimum Gasteiger partial charge on any atom is -0.361 e. The van der Waals surface area contributed by atoms with E-state index in [1.54, 1.807) is 29.2 Å². The molecule has 2 amide bonds. The van der Waals surface area contributed by atoms with E-state index in [0.717, 1.165) is 22.5 Å². The number of nitriles is 1. The Morgan fingerprint density at radius 1 is 1.13 bits per heavy atom. The Morgan fingerprint density at radius 3 is 2.81 bits per heavy atom. The minimum absolute atomic E-state index is 0.224. The van der Waals surface area contributed by atoms with E-state index in [2.05, 4.69) is 27.4 Å². The predicted molar refractivity (Wildman–Crippen MR) is 122 cm³/mol. The number of aryl methyl sites for hydroxylation is 1. The first-order valence-corrected chi connectivity index (χ1v) is 10.2. The number of anilines is 1. The van der Waals surface area contributed by atoms with Crippen LogP contribution in [0.4, 0.5) is 10.5 Å². The van der Waals surface area contributed by atoms with Gasteiger partial charge >= 0.3 is 6.03 Å². The number of aromatic amines is 1. The molecular formula is C25H23N5O. The van der Waals surface area contributed by atoms with Crippen LogP contribution in [0.3, 0.4) is 0 Å². The summed E-state index contributed by atoms with van der Waals surface area (Å²) in [5, 5.41) is 13.2. The van der Waals surface area contributed by atoms with Gasteiger partial charge in [0, 0.05) is 35.0 Å². The molecule has 0 aliphatic heterocycles. The molecular weight excluding hydrogens is 386 g/mol. The monoisotopic (exact) mass is 409 g/mol. The van der Waals surface area contributed by atoms with E-state index >= 15 is 0 Å². The summed E-state index contributed by atoms with van der Waals surface area (Å²) < 4.78 is 0. The third-order valence-corrected chi connectivity index (χ3v) is 5.15. The molecule has 154 valence electrons. The van der Waals surface area contributed by atoms with Crippen LogP contribution in [-0.2, 0) is 13.0 Å². The van der Waals surface area contributed by atoms with Crippen LogP contribution in [0.25, 0.3) is 10.9 Å². The Morgan fingerprint density at radius 2 is 1.97 bits per heavy atom. The quantitative estimate of drug-likeness (QED) is 0.469. The molecule has 0 aliphatic rings. The van der Waals surface area contributed by atoms with Gasteiger partial charge < -0.3 is 15.2 Å². The number of aromatic nitrogens is 2. The van der Waals surface area contributed by atoms with Crippen molar-refractivity contribution in [2.75, 3.05) is 11.9 Å². The Hall–Kier alpha value is -4.11. The van der Waals surface area contributed by atoms with Crippen molar-refractivity contribution in [2.45, 2.75) is 19.9 Å². The highest BCUT2D eigenvalue weighted by atomic mass is 16.2. The molecule has 4 rings (SSSR count). The number of pyridine rings is 1. The van der Waals surface area contributed by atoms with Crippen molar-refractivity contribution in [3.05, 3.63) is 95.4 Å². The highest BCUT2D eigenvalue weighted by Crippen LogP contribution is 2.19. The van der Waals surface area contributed by atoms with E-state index in [4.69, 9.17) is 5.26 Å². The van der Waals surface area contributed by atoms with Crippen LogP contribution in [0, 0.1) is 18.3 Å². The standard InChI is InChI=1S/C25H23N5O/c1-18-6-4-9-22(28-18)17-30(25(31)29-21-8-5-7-19(14-21)15-26)13-12-20-16-27-24-11-3-2-10-23(20)24/h2-11,14,16,27H,12-13,17H2,1H3,(H,29,31). The molecule has 2 aromatic heterocycles. The van der Waals surface area contributed by atoms with Crippen LogP contribution < -0.4 is 5.32 Å². The molecule has 2 N–H and O–H groups in total. The van der Waals surface area contributed by atoms with Crippen molar-refractivity contribution in [3.63, 3.8) is 0 Å². The number of urea groups is 1. The maximum atomic E-state index is 13.1. The van der Waals surface area contributed by atoms with Gasteiger partial charge in [-0.25, -0.2) is 4.79 Å². The van der Waals surface area contributed by atoms with Crippen LogP contribution in [0.2, 0.25) is 0 Å². The lowest BCUT2D eigenvalue weighted by atomic mass is 10.1. The van der Waals surface area contributed by atoms with Crippen molar-refractivity contribution >= 4 is 22.6 Å². The fourth-order valence-electron chi connectivity index (χ4n) is 3.60. The van der Waals surface area contributed by atoms with Gasteiger partial charge in [-0.05, 0) is 55.3 Å². The van der Waals surface area contributed by atoms with Crippen LogP contribution in [0.1, 0.15) is 22.5 Å². The molecule has 0 atom stereocenters. The number of hydrogen-bond donors (Lipinski definition) is 2. The average molecular weight is 409 g/mol. The van der Waals surface area contributed by atoms with Crippen LogP contribution in [0.5, 0.6) is 0 Å².